The summed E-state index contributed by atoms with van der Waals surface area (Å²) in [5, 5.41) is 3.44. The van der Waals surface area contributed by atoms with Gasteiger partial charge in [0.1, 0.15) is 0 Å². The summed E-state index contributed by atoms with van der Waals surface area (Å²) in [6.07, 6.45) is 6.53. The lowest BCUT2D eigenvalue weighted by molar-refractivity contribution is 0.291. The summed E-state index contributed by atoms with van der Waals surface area (Å²) in [6, 6.07) is 0. The maximum atomic E-state index is 11.2. The summed E-state index contributed by atoms with van der Waals surface area (Å²) in [5.74, 6) is 1.78. The van der Waals surface area contributed by atoms with Crippen molar-refractivity contribution >= 4 is 10.8 Å². The molecule has 0 bridgehead atoms. The van der Waals surface area contributed by atoms with Crippen molar-refractivity contribution in [3.8, 4) is 0 Å². The van der Waals surface area contributed by atoms with E-state index in [1.165, 1.54) is 45.2 Å². The van der Waals surface area contributed by atoms with Gasteiger partial charge in [-0.25, -0.2) is 0 Å². The summed E-state index contributed by atoms with van der Waals surface area (Å²) in [6.45, 7) is 7.84. The normalized spacial score (nSPS) is 18.6. The van der Waals surface area contributed by atoms with E-state index in [2.05, 4.69) is 17.1 Å². The first-order chi connectivity index (χ1) is 8.33. The van der Waals surface area contributed by atoms with Crippen LogP contribution >= 0.6 is 0 Å². The van der Waals surface area contributed by atoms with Crippen LogP contribution in [-0.4, -0.2) is 53.3 Å². The van der Waals surface area contributed by atoms with Crippen molar-refractivity contribution in [2.75, 3.05) is 44.2 Å². The Kier molecular flexibility index (Phi) is 8.93. The molecule has 0 radical (unpaired) electrons. The third-order valence-electron chi connectivity index (χ3n) is 3.28. The van der Waals surface area contributed by atoms with Gasteiger partial charge in [0.15, 0.2) is 0 Å². The first-order valence-corrected chi connectivity index (χ1v) is 8.59. The van der Waals surface area contributed by atoms with Gasteiger partial charge >= 0.3 is 0 Å². The maximum absolute atomic E-state index is 11.2. The first-order valence-electron chi connectivity index (χ1n) is 7.11. The molecule has 0 amide bonds. The van der Waals surface area contributed by atoms with E-state index < -0.39 is 10.8 Å². The van der Waals surface area contributed by atoms with Crippen molar-refractivity contribution in [1.29, 1.82) is 0 Å². The standard InChI is InChI=1S/C13H28N2OS/c1-2-7-14-8-5-3-4-6-9-15-10-12-17(16)13-11-15/h14H,2-13H2,1H3. The average molecular weight is 260 g/mol. The number of nitrogens with zero attached hydrogens (tertiary/aromatic N) is 1. The van der Waals surface area contributed by atoms with Gasteiger partial charge in [-0.3, -0.25) is 4.21 Å². The van der Waals surface area contributed by atoms with E-state index in [1.54, 1.807) is 0 Å². The molecule has 1 aliphatic rings. The number of hydrogen-bond donors (Lipinski definition) is 1. The monoisotopic (exact) mass is 260 g/mol. The summed E-state index contributed by atoms with van der Waals surface area (Å²) >= 11 is 0. The Bertz CT molecular complexity index is 202. The van der Waals surface area contributed by atoms with Gasteiger partial charge in [0.2, 0.25) is 0 Å². The molecular weight excluding hydrogens is 232 g/mol. The Morgan fingerprint density at radius 3 is 2.47 bits per heavy atom. The predicted molar refractivity (Wildman–Crippen MR) is 75.9 cm³/mol. The minimum atomic E-state index is -0.525. The molecule has 0 aromatic carbocycles. The lowest BCUT2D eigenvalue weighted by Crippen LogP contribution is -2.38. The molecule has 0 unspecified atom stereocenters. The molecule has 1 rings (SSSR count). The Hall–Kier alpha value is 0.0700. The highest BCUT2D eigenvalue weighted by Crippen LogP contribution is 2.04. The van der Waals surface area contributed by atoms with Gasteiger partial charge < -0.3 is 10.2 Å². The molecule has 0 aromatic rings. The van der Waals surface area contributed by atoms with E-state index in [-0.39, 0.29) is 0 Å². The number of unbranched alkanes of at least 4 members (excludes halogenated alkanes) is 3. The lowest BCUT2D eigenvalue weighted by atomic mass is 10.2. The topological polar surface area (TPSA) is 32.3 Å². The van der Waals surface area contributed by atoms with Crippen LogP contribution in [0.2, 0.25) is 0 Å². The second-order valence-electron chi connectivity index (χ2n) is 4.85. The second kappa shape index (κ2) is 10.0. The zero-order valence-corrected chi connectivity index (χ0v) is 12.1. The fourth-order valence-electron chi connectivity index (χ4n) is 2.14. The molecule has 1 N–H and O–H groups in total. The number of rotatable bonds is 9. The maximum Gasteiger partial charge on any atom is 0.0363 e. The van der Waals surface area contributed by atoms with Crippen molar-refractivity contribution < 1.29 is 4.21 Å². The highest BCUT2D eigenvalue weighted by atomic mass is 32.2. The van der Waals surface area contributed by atoms with Crippen molar-refractivity contribution in [3.63, 3.8) is 0 Å². The van der Waals surface area contributed by atoms with Gasteiger partial charge in [-0.15, -0.1) is 0 Å². The van der Waals surface area contributed by atoms with Crippen LogP contribution in [0.15, 0.2) is 0 Å². The molecule has 1 saturated heterocycles. The SMILES string of the molecule is CCCNCCCCCCN1CCS(=O)CC1. The molecule has 4 heteroatoms. The molecule has 1 heterocycles. The molecule has 0 aromatic heterocycles. The van der Waals surface area contributed by atoms with Gasteiger partial charge in [-0.2, -0.15) is 0 Å². The minimum Gasteiger partial charge on any atom is -0.317 e. The minimum absolute atomic E-state index is 0.525. The van der Waals surface area contributed by atoms with Crippen LogP contribution in [-0.2, 0) is 10.8 Å². The van der Waals surface area contributed by atoms with E-state index >= 15 is 0 Å². The Morgan fingerprint density at radius 1 is 1.06 bits per heavy atom. The fourth-order valence-corrected chi connectivity index (χ4v) is 3.27. The van der Waals surface area contributed by atoms with E-state index in [1.807, 2.05) is 0 Å². The molecule has 102 valence electrons. The third-order valence-corrected chi connectivity index (χ3v) is 4.55. The van der Waals surface area contributed by atoms with Gasteiger partial charge in [0.25, 0.3) is 0 Å². The number of nitrogens with one attached hydrogen (secondary N) is 1. The van der Waals surface area contributed by atoms with E-state index in [0.29, 0.717) is 0 Å². The van der Waals surface area contributed by atoms with Crippen molar-refractivity contribution in [2.45, 2.75) is 39.0 Å². The molecule has 0 aliphatic carbocycles. The molecule has 17 heavy (non-hydrogen) atoms. The summed E-state index contributed by atoms with van der Waals surface area (Å²) in [7, 11) is -0.525. The van der Waals surface area contributed by atoms with Crippen LogP contribution < -0.4 is 5.32 Å². The van der Waals surface area contributed by atoms with Crippen LogP contribution in [0, 0.1) is 0 Å². The highest BCUT2D eigenvalue weighted by molar-refractivity contribution is 7.85. The number of hydrogen-bond acceptors (Lipinski definition) is 3. The van der Waals surface area contributed by atoms with Gasteiger partial charge in [-0.05, 0) is 38.9 Å². The van der Waals surface area contributed by atoms with Crippen molar-refractivity contribution in [1.82, 2.24) is 10.2 Å². The van der Waals surface area contributed by atoms with Crippen LogP contribution in [0.4, 0.5) is 0 Å². The van der Waals surface area contributed by atoms with Crippen LogP contribution in [0.3, 0.4) is 0 Å². The largest absolute Gasteiger partial charge is 0.317 e. The van der Waals surface area contributed by atoms with Crippen molar-refractivity contribution in [2.24, 2.45) is 0 Å². The van der Waals surface area contributed by atoms with Crippen LogP contribution in [0.5, 0.6) is 0 Å². The predicted octanol–water partition coefficient (Wildman–Crippen LogP) is 1.61. The van der Waals surface area contributed by atoms with Gasteiger partial charge in [0.05, 0.1) is 0 Å². The Morgan fingerprint density at radius 2 is 1.76 bits per heavy atom. The van der Waals surface area contributed by atoms with Gasteiger partial charge in [0, 0.05) is 35.4 Å². The molecule has 3 nitrogen and oxygen atoms in total. The summed E-state index contributed by atoms with van der Waals surface area (Å²) in [4.78, 5) is 2.47. The average Bonchev–Trinajstić information content (AvgIpc) is 2.35. The van der Waals surface area contributed by atoms with Crippen LogP contribution in [0.25, 0.3) is 0 Å². The second-order valence-corrected chi connectivity index (χ2v) is 6.55. The first kappa shape index (κ1) is 15.1. The summed E-state index contributed by atoms with van der Waals surface area (Å²) < 4.78 is 11.2. The van der Waals surface area contributed by atoms with Crippen molar-refractivity contribution in [3.05, 3.63) is 0 Å². The highest BCUT2D eigenvalue weighted by Gasteiger charge is 2.13. The molecule has 1 aliphatic heterocycles. The molecule has 0 saturated carbocycles. The Balaban J connectivity index is 1.82. The van der Waals surface area contributed by atoms with E-state index in [0.717, 1.165) is 31.1 Å². The zero-order valence-electron chi connectivity index (χ0n) is 11.2. The zero-order chi connectivity index (χ0) is 12.3. The molecule has 0 spiro atoms. The molecular formula is C13H28N2OS. The van der Waals surface area contributed by atoms with E-state index in [9.17, 15) is 4.21 Å². The summed E-state index contributed by atoms with van der Waals surface area (Å²) in [5.41, 5.74) is 0. The van der Waals surface area contributed by atoms with Gasteiger partial charge in [-0.1, -0.05) is 19.8 Å². The molecule has 0 atom stereocenters. The third kappa shape index (κ3) is 7.90. The Labute approximate surface area is 109 Å². The lowest BCUT2D eigenvalue weighted by Gasteiger charge is -2.25. The quantitative estimate of drug-likeness (QED) is 0.639. The smallest absolute Gasteiger partial charge is 0.0363 e. The van der Waals surface area contributed by atoms with Crippen LogP contribution in [0.1, 0.15) is 39.0 Å². The van der Waals surface area contributed by atoms with E-state index in [4.69, 9.17) is 0 Å². The fraction of sp³-hybridized carbons (Fsp3) is 1.00. The molecule has 1 fully saturated rings.